The molecule has 6 heteroatoms. The zero-order valence-electron chi connectivity index (χ0n) is 16.6. The number of rotatable bonds is 5. The quantitative estimate of drug-likeness (QED) is 0.682. The van der Waals surface area contributed by atoms with Gasteiger partial charge < -0.3 is 20.6 Å². The normalized spacial score (nSPS) is 28.0. The van der Waals surface area contributed by atoms with Crippen LogP contribution >= 0.6 is 0 Å². The molecule has 0 unspecified atom stereocenters. The highest BCUT2D eigenvalue weighted by Gasteiger charge is 2.48. The van der Waals surface area contributed by atoms with E-state index in [1.807, 2.05) is 30.3 Å². The topological polar surface area (TPSA) is 81.7 Å². The Bertz CT molecular complexity index is 698. The maximum atomic E-state index is 12.9. The number of amides is 3. The van der Waals surface area contributed by atoms with Crippen molar-refractivity contribution < 1.29 is 14.7 Å². The van der Waals surface area contributed by atoms with Crippen molar-refractivity contribution in [2.24, 2.45) is 5.92 Å². The zero-order chi connectivity index (χ0) is 20.1. The molecule has 1 saturated carbocycles. The highest BCUT2D eigenvalue weighted by Crippen LogP contribution is 2.37. The third kappa shape index (κ3) is 4.38. The van der Waals surface area contributed by atoms with Gasteiger partial charge in [-0.15, -0.1) is 6.58 Å². The molecule has 2 fully saturated rings. The molecule has 1 saturated heterocycles. The first kappa shape index (κ1) is 20.4. The molecule has 0 spiro atoms. The van der Waals surface area contributed by atoms with Crippen LogP contribution in [0.1, 0.15) is 50.6 Å². The second-order valence-electron chi connectivity index (χ2n) is 8.10. The van der Waals surface area contributed by atoms with Gasteiger partial charge in [0.25, 0.3) is 0 Å². The fraction of sp³-hybridized carbons (Fsp3) is 0.545. The minimum Gasteiger partial charge on any atom is -0.388 e. The summed E-state index contributed by atoms with van der Waals surface area (Å²) in [5.74, 6) is -0.0192. The molecule has 1 heterocycles. The number of likely N-dealkylation sites (tertiary alicyclic amines) is 1. The van der Waals surface area contributed by atoms with E-state index >= 15 is 0 Å². The van der Waals surface area contributed by atoms with Crippen LogP contribution < -0.4 is 10.6 Å². The van der Waals surface area contributed by atoms with E-state index in [9.17, 15) is 14.7 Å². The molecule has 3 rings (SSSR count). The van der Waals surface area contributed by atoms with Crippen molar-refractivity contribution in [2.75, 3.05) is 13.1 Å². The standard InChI is InChI=1S/C22H31N3O3/c1-3-14-23-21(27)25-15-13-22(2,28)19(18(25)16-9-5-4-6-10-16)24-20(26)17-11-7-8-12-17/h3-6,9-10,17-19,28H,1,7-8,11-15H2,2H3,(H,23,27)(H,24,26)/t18-,19-,22+/m0/s1. The van der Waals surface area contributed by atoms with E-state index < -0.39 is 17.7 Å². The SMILES string of the molecule is C=CCNC(=O)N1CC[C@@](C)(O)[C@@H](NC(=O)C2CCCC2)[C@@H]1c1ccccc1. The van der Waals surface area contributed by atoms with E-state index in [-0.39, 0.29) is 17.9 Å². The highest BCUT2D eigenvalue weighted by molar-refractivity contribution is 5.80. The lowest BCUT2D eigenvalue weighted by molar-refractivity contribution is -0.131. The van der Waals surface area contributed by atoms with Gasteiger partial charge in [-0.25, -0.2) is 4.79 Å². The monoisotopic (exact) mass is 385 g/mol. The molecule has 6 nitrogen and oxygen atoms in total. The molecule has 1 aliphatic heterocycles. The van der Waals surface area contributed by atoms with Crippen molar-refractivity contribution in [2.45, 2.75) is 56.7 Å². The van der Waals surface area contributed by atoms with Crippen molar-refractivity contribution in [3.8, 4) is 0 Å². The van der Waals surface area contributed by atoms with E-state index in [4.69, 9.17) is 0 Å². The molecule has 3 amide bonds. The number of piperidine rings is 1. The molecule has 2 aliphatic rings. The van der Waals surface area contributed by atoms with Crippen LogP contribution in [0.4, 0.5) is 4.79 Å². The molecule has 1 aromatic rings. The number of benzene rings is 1. The predicted molar refractivity (Wildman–Crippen MR) is 109 cm³/mol. The van der Waals surface area contributed by atoms with Crippen LogP contribution in [0, 0.1) is 5.92 Å². The van der Waals surface area contributed by atoms with E-state index in [1.54, 1.807) is 17.9 Å². The predicted octanol–water partition coefficient (Wildman–Crippen LogP) is 2.75. The molecular formula is C22H31N3O3. The first-order chi connectivity index (χ1) is 13.4. The van der Waals surface area contributed by atoms with Crippen molar-refractivity contribution >= 4 is 11.9 Å². The number of carbonyl (C=O) groups excluding carboxylic acids is 2. The van der Waals surface area contributed by atoms with Crippen LogP contribution in [0.3, 0.4) is 0 Å². The maximum absolute atomic E-state index is 12.9. The lowest BCUT2D eigenvalue weighted by atomic mass is 9.79. The number of nitrogens with one attached hydrogen (secondary N) is 2. The highest BCUT2D eigenvalue weighted by atomic mass is 16.3. The summed E-state index contributed by atoms with van der Waals surface area (Å²) in [5, 5.41) is 17.1. The largest absolute Gasteiger partial charge is 0.388 e. The fourth-order valence-corrected chi connectivity index (χ4v) is 4.37. The Morgan fingerprint density at radius 3 is 2.61 bits per heavy atom. The number of hydrogen-bond acceptors (Lipinski definition) is 3. The Kier molecular flexibility index (Phi) is 6.39. The van der Waals surface area contributed by atoms with Crippen molar-refractivity contribution in [1.82, 2.24) is 15.5 Å². The summed E-state index contributed by atoms with van der Waals surface area (Å²) in [6, 6.07) is 8.38. The van der Waals surface area contributed by atoms with Gasteiger partial charge in [0.1, 0.15) is 0 Å². The summed E-state index contributed by atoms with van der Waals surface area (Å²) in [4.78, 5) is 27.4. The van der Waals surface area contributed by atoms with E-state index in [0.29, 0.717) is 19.5 Å². The number of hydrogen-bond donors (Lipinski definition) is 3. The third-order valence-electron chi connectivity index (χ3n) is 6.00. The van der Waals surface area contributed by atoms with Gasteiger partial charge in [-0.05, 0) is 31.7 Å². The summed E-state index contributed by atoms with van der Waals surface area (Å²) in [6.07, 6.45) is 5.94. The lowest BCUT2D eigenvalue weighted by Crippen LogP contribution is -2.64. The van der Waals surface area contributed by atoms with Gasteiger partial charge in [0.2, 0.25) is 5.91 Å². The molecule has 152 valence electrons. The Balaban J connectivity index is 1.91. The molecule has 3 N–H and O–H groups in total. The molecule has 28 heavy (non-hydrogen) atoms. The van der Waals surface area contributed by atoms with Gasteiger partial charge in [0, 0.05) is 19.0 Å². The van der Waals surface area contributed by atoms with E-state index in [0.717, 1.165) is 31.2 Å². The van der Waals surface area contributed by atoms with Gasteiger partial charge in [-0.1, -0.05) is 49.2 Å². The maximum Gasteiger partial charge on any atom is 0.318 e. The van der Waals surface area contributed by atoms with Gasteiger partial charge in [-0.3, -0.25) is 4.79 Å². The van der Waals surface area contributed by atoms with Gasteiger partial charge in [-0.2, -0.15) is 0 Å². The van der Waals surface area contributed by atoms with Crippen molar-refractivity contribution in [3.05, 3.63) is 48.6 Å². The summed E-state index contributed by atoms with van der Waals surface area (Å²) < 4.78 is 0. The Morgan fingerprint density at radius 1 is 1.29 bits per heavy atom. The van der Waals surface area contributed by atoms with Crippen LogP contribution in [-0.2, 0) is 4.79 Å². The number of nitrogens with zero attached hydrogens (tertiary/aromatic N) is 1. The molecule has 0 radical (unpaired) electrons. The van der Waals surface area contributed by atoms with Gasteiger partial charge in [0.05, 0.1) is 17.7 Å². The van der Waals surface area contributed by atoms with Crippen molar-refractivity contribution in [1.29, 1.82) is 0 Å². The molecule has 1 aromatic carbocycles. The Morgan fingerprint density at radius 2 is 1.96 bits per heavy atom. The second-order valence-corrected chi connectivity index (χ2v) is 8.10. The van der Waals surface area contributed by atoms with Gasteiger partial charge >= 0.3 is 6.03 Å². The average molecular weight is 386 g/mol. The minimum atomic E-state index is -1.11. The van der Waals surface area contributed by atoms with Crippen LogP contribution in [-0.4, -0.2) is 46.7 Å². The molecule has 1 aliphatic carbocycles. The fourth-order valence-electron chi connectivity index (χ4n) is 4.37. The average Bonchev–Trinajstić information content (AvgIpc) is 3.23. The summed E-state index contributed by atoms with van der Waals surface area (Å²) in [7, 11) is 0. The number of aliphatic hydroxyl groups is 1. The number of carbonyl (C=O) groups is 2. The van der Waals surface area contributed by atoms with Gasteiger partial charge in [0.15, 0.2) is 0 Å². The molecule has 0 aromatic heterocycles. The molecular weight excluding hydrogens is 354 g/mol. The van der Waals surface area contributed by atoms with Crippen LogP contribution in [0.5, 0.6) is 0 Å². The summed E-state index contributed by atoms with van der Waals surface area (Å²) in [6.45, 7) is 6.17. The van der Waals surface area contributed by atoms with Crippen LogP contribution in [0.25, 0.3) is 0 Å². The van der Waals surface area contributed by atoms with E-state index in [1.165, 1.54) is 0 Å². The first-order valence-electron chi connectivity index (χ1n) is 10.2. The Hall–Kier alpha value is -2.34. The number of urea groups is 1. The van der Waals surface area contributed by atoms with Crippen molar-refractivity contribution in [3.63, 3.8) is 0 Å². The summed E-state index contributed by atoms with van der Waals surface area (Å²) >= 11 is 0. The van der Waals surface area contributed by atoms with E-state index in [2.05, 4.69) is 17.2 Å². The third-order valence-corrected chi connectivity index (χ3v) is 6.00. The molecule has 0 bridgehead atoms. The summed E-state index contributed by atoms with van der Waals surface area (Å²) in [5.41, 5.74) is -0.211. The molecule has 3 atom stereocenters. The smallest absolute Gasteiger partial charge is 0.318 e. The lowest BCUT2D eigenvalue weighted by Gasteiger charge is -2.49. The minimum absolute atomic E-state index is 0.00260. The second kappa shape index (κ2) is 8.78. The first-order valence-corrected chi connectivity index (χ1v) is 10.2. The zero-order valence-corrected chi connectivity index (χ0v) is 16.6. The Labute approximate surface area is 167 Å². The van der Waals surface area contributed by atoms with Crippen LogP contribution in [0.2, 0.25) is 0 Å². The van der Waals surface area contributed by atoms with Crippen LogP contribution in [0.15, 0.2) is 43.0 Å².